The Hall–Kier alpha value is -2.03. The topological polar surface area (TPSA) is 80.2 Å². The van der Waals surface area contributed by atoms with E-state index in [1.807, 2.05) is 26.2 Å². The van der Waals surface area contributed by atoms with Gasteiger partial charge in [0.15, 0.2) is 11.5 Å². The molecule has 4 aliphatic rings. The molecule has 188 valence electrons. The van der Waals surface area contributed by atoms with E-state index in [0.717, 1.165) is 36.9 Å². The molecule has 0 bridgehead atoms. The van der Waals surface area contributed by atoms with E-state index < -0.39 is 11.7 Å². The average molecular weight is 518 g/mol. The van der Waals surface area contributed by atoms with Crippen molar-refractivity contribution in [2.45, 2.75) is 58.3 Å². The maximum Gasteiger partial charge on any atom is 0.255 e. The number of thioether (sulfide) groups is 1. The number of halogens is 1. The number of ether oxygens (including phenoxy) is 2. The third-order valence-corrected chi connectivity index (χ3v) is 8.76. The number of nitrogens with zero attached hydrogens (tertiary/aromatic N) is 2. The lowest BCUT2D eigenvalue weighted by Gasteiger charge is -2.38. The van der Waals surface area contributed by atoms with E-state index >= 15 is 0 Å². The third-order valence-electron chi connectivity index (χ3n) is 7.61. The van der Waals surface area contributed by atoms with E-state index in [4.69, 9.17) is 21.1 Å². The minimum Gasteiger partial charge on any atom is -0.448 e. The molecule has 9 heteroatoms. The summed E-state index contributed by atoms with van der Waals surface area (Å²) in [4.78, 5) is 33.1. The van der Waals surface area contributed by atoms with Crippen LogP contribution in [-0.4, -0.2) is 60.1 Å². The van der Waals surface area contributed by atoms with E-state index in [1.54, 1.807) is 13.0 Å². The van der Waals surface area contributed by atoms with Crippen LogP contribution < -0.4 is 14.8 Å². The first-order valence-electron chi connectivity index (χ1n) is 12.3. The molecule has 1 aliphatic carbocycles. The van der Waals surface area contributed by atoms with E-state index in [9.17, 15) is 9.59 Å². The summed E-state index contributed by atoms with van der Waals surface area (Å²) in [5.74, 6) is -0.534. The first-order valence-corrected chi connectivity index (χ1v) is 13.9. The fourth-order valence-electron chi connectivity index (χ4n) is 5.37. The number of dihydropyridines is 1. The molecule has 0 spiro atoms. The normalized spacial score (nSPS) is 27.0. The van der Waals surface area contributed by atoms with Crippen molar-refractivity contribution in [1.82, 2.24) is 10.2 Å². The monoisotopic (exact) mass is 517 g/mol. The van der Waals surface area contributed by atoms with Crippen molar-refractivity contribution in [2.24, 2.45) is 16.8 Å². The van der Waals surface area contributed by atoms with Crippen LogP contribution in [0.4, 0.5) is 0 Å². The van der Waals surface area contributed by atoms with Crippen molar-refractivity contribution in [1.29, 1.82) is 0 Å². The number of benzene rings is 1. The molecule has 1 N–H and O–H groups in total. The van der Waals surface area contributed by atoms with E-state index in [1.165, 1.54) is 24.6 Å². The van der Waals surface area contributed by atoms with Crippen molar-refractivity contribution >= 4 is 40.9 Å². The van der Waals surface area contributed by atoms with Gasteiger partial charge in [-0.25, -0.2) is 4.99 Å². The lowest BCUT2D eigenvalue weighted by Crippen LogP contribution is -2.49. The van der Waals surface area contributed by atoms with Crippen molar-refractivity contribution in [3.8, 4) is 11.5 Å². The van der Waals surface area contributed by atoms with Crippen molar-refractivity contribution < 1.29 is 19.1 Å². The highest BCUT2D eigenvalue weighted by atomic mass is 35.5. The fourth-order valence-corrected chi connectivity index (χ4v) is 6.36. The quantitative estimate of drug-likeness (QED) is 0.594. The molecule has 2 amide bonds. The van der Waals surface area contributed by atoms with Crippen LogP contribution in [0.15, 0.2) is 22.0 Å². The zero-order chi connectivity index (χ0) is 24.9. The number of carbonyl (C=O) groups is 2. The predicted octanol–water partition coefficient (Wildman–Crippen LogP) is 4.60. The third kappa shape index (κ3) is 4.72. The summed E-state index contributed by atoms with van der Waals surface area (Å²) < 4.78 is 12.7. The van der Waals surface area contributed by atoms with Crippen LogP contribution in [0, 0.1) is 18.8 Å². The molecule has 3 heterocycles. The minimum atomic E-state index is -0.802. The van der Waals surface area contributed by atoms with Gasteiger partial charge in [0.1, 0.15) is 0 Å². The molecule has 7 nitrogen and oxygen atoms in total. The number of hydrogen-bond donors (Lipinski definition) is 1. The smallest absolute Gasteiger partial charge is 0.255 e. The number of amides is 2. The number of rotatable bonds is 6. The summed E-state index contributed by atoms with van der Waals surface area (Å²) in [5, 5.41) is 3.25. The van der Waals surface area contributed by atoms with Gasteiger partial charge in [-0.15, -0.1) is 11.8 Å². The maximum atomic E-state index is 13.2. The fraction of sp³-hybridized carbons (Fsp3) is 0.577. The first-order chi connectivity index (χ1) is 16.7. The lowest BCUT2D eigenvalue weighted by atomic mass is 9.89. The number of piperidine rings is 1. The van der Waals surface area contributed by atoms with Crippen molar-refractivity contribution in [3.05, 3.63) is 33.2 Å². The molecule has 2 fully saturated rings. The van der Waals surface area contributed by atoms with Gasteiger partial charge in [0.05, 0.1) is 10.9 Å². The Morgan fingerprint density at radius 1 is 1.23 bits per heavy atom. The highest BCUT2D eigenvalue weighted by molar-refractivity contribution is 8.02. The minimum absolute atomic E-state index is 0.171. The molecular weight excluding hydrogens is 486 g/mol. The molecule has 2 atom stereocenters. The van der Waals surface area contributed by atoms with E-state index in [-0.39, 0.29) is 24.3 Å². The molecule has 1 saturated heterocycles. The second-order valence-corrected chi connectivity index (χ2v) is 11.3. The van der Waals surface area contributed by atoms with Gasteiger partial charge in [-0.3, -0.25) is 9.59 Å². The van der Waals surface area contributed by atoms with Crippen LogP contribution in [-0.2, 0) is 4.79 Å². The van der Waals surface area contributed by atoms with Gasteiger partial charge < -0.3 is 19.7 Å². The van der Waals surface area contributed by atoms with Gasteiger partial charge in [0.25, 0.3) is 17.6 Å². The molecule has 1 aromatic rings. The lowest BCUT2D eigenvalue weighted by molar-refractivity contribution is -0.125. The molecule has 1 aromatic carbocycles. The molecule has 0 aromatic heterocycles. The summed E-state index contributed by atoms with van der Waals surface area (Å²) in [6.07, 6.45) is 8.46. The summed E-state index contributed by atoms with van der Waals surface area (Å²) in [6, 6.07) is 2.40. The molecule has 35 heavy (non-hydrogen) atoms. The summed E-state index contributed by atoms with van der Waals surface area (Å²) in [5.41, 5.74) is 1.79. The highest BCUT2D eigenvalue weighted by Crippen LogP contribution is 2.51. The number of hydrogen-bond acceptors (Lipinski definition) is 6. The van der Waals surface area contributed by atoms with Crippen molar-refractivity contribution in [2.75, 3.05) is 25.9 Å². The number of carbonyl (C=O) groups excluding carboxylic acids is 2. The number of aliphatic imine (C=N–C) groups is 1. The standard InChI is InChI=1S/C26H32ClN3O4S/c1-14-11-21(35-4)19(25(32)29-14)13-28-24(31)18-12-20(27)23-22(15(18)2)33-26(3,34-23)16-7-9-30(10-8-16)17-5-6-17/h11-12,16-17,19H,5-10,13H2,1-4H3,(H,28,31). The van der Waals surface area contributed by atoms with Gasteiger partial charge in [0.2, 0.25) is 0 Å². The van der Waals surface area contributed by atoms with Gasteiger partial charge in [-0.2, -0.15) is 0 Å². The number of allylic oxidation sites excluding steroid dienone is 1. The zero-order valence-corrected chi connectivity index (χ0v) is 22.2. The zero-order valence-electron chi connectivity index (χ0n) is 20.7. The van der Waals surface area contributed by atoms with Crippen LogP contribution in [0.5, 0.6) is 11.5 Å². The van der Waals surface area contributed by atoms with Gasteiger partial charge in [-0.1, -0.05) is 11.6 Å². The van der Waals surface area contributed by atoms with Gasteiger partial charge in [0, 0.05) is 47.2 Å². The summed E-state index contributed by atoms with van der Waals surface area (Å²) in [7, 11) is 0. The number of fused-ring (bicyclic) bond motifs is 1. The average Bonchev–Trinajstić information content (AvgIpc) is 3.62. The van der Waals surface area contributed by atoms with Crippen LogP contribution in [0.3, 0.4) is 0 Å². The van der Waals surface area contributed by atoms with E-state index in [2.05, 4.69) is 15.2 Å². The Balaban J connectivity index is 1.29. The van der Waals surface area contributed by atoms with Crippen LogP contribution in [0.25, 0.3) is 0 Å². The van der Waals surface area contributed by atoms with Crippen LogP contribution in [0.2, 0.25) is 5.02 Å². The molecule has 5 rings (SSSR count). The van der Waals surface area contributed by atoms with Gasteiger partial charge in [-0.05, 0) is 71.0 Å². The Kier molecular flexibility index (Phi) is 6.66. The van der Waals surface area contributed by atoms with Crippen LogP contribution in [0.1, 0.15) is 55.5 Å². The number of likely N-dealkylation sites (tertiary alicyclic amines) is 1. The number of nitrogens with one attached hydrogen (secondary N) is 1. The second kappa shape index (κ2) is 9.45. The maximum absolute atomic E-state index is 13.2. The Morgan fingerprint density at radius 3 is 2.57 bits per heavy atom. The SMILES string of the molecule is CSC1=CC(C)=NC(=O)C1CNC(=O)c1cc(Cl)c2c(c1C)OC(C)(C1CCN(C3CC3)CC1)O2. The molecule has 1 saturated carbocycles. The molecule has 0 radical (unpaired) electrons. The van der Waals surface area contributed by atoms with Gasteiger partial charge >= 0.3 is 0 Å². The molecular formula is C26H32ClN3O4S. The predicted molar refractivity (Wildman–Crippen MR) is 139 cm³/mol. The Bertz CT molecular complexity index is 1120. The molecule has 3 aliphatic heterocycles. The highest BCUT2D eigenvalue weighted by Gasteiger charge is 2.48. The summed E-state index contributed by atoms with van der Waals surface area (Å²) in [6.45, 7) is 7.92. The Labute approximate surface area is 215 Å². The van der Waals surface area contributed by atoms with Crippen molar-refractivity contribution in [3.63, 3.8) is 0 Å². The summed E-state index contributed by atoms with van der Waals surface area (Å²) >= 11 is 8.08. The van der Waals surface area contributed by atoms with E-state index in [0.29, 0.717) is 33.4 Å². The second-order valence-electron chi connectivity index (χ2n) is 10.1. The van der Waals surface area contributed by atoms with Crippen LogP contribution >= 0.6 is 23.4 Å². The first kappa shape index (κ1) is 24.7. The molecule has 2 unspecified atom stereocenters. The Morgan fingerprint density at radius 2 is 1.91 bits per heavy atom. The largest absolute Gasteiger partial charge is 0.448 e.